The predicted molar refractivity (Wildman–Crippen MR) is 217 cm³/mol. The van der Waals surface area contributed by atoms with Gasteiger partial charge in [0.15, 0.2) is 0 Å². The number of aryl methyl sites for hydroxylation is 1. The Balaban J connectivity index is 0.000000179. The molecule has 5 heteroatoms. The summed E-state index contributed by atoms with van der Waals surface area (Å²) in [6.45, 7) is 6.50. The summed E-state index contributed by atoms with van der Waals surface area (Å²) in [6, 6.07) is 40.5. The molecule has 0 saturated heterocycles. The van der Waals surface area contributed by atoms with Gasteiger partial charge in [-0.3, -0.25) is 0 Å². The Bertz CT molecular complexity index is 2260. The van der Waals surface area contributed by atoms with Crippen LogP contribution >= 0.6 is 0 Å². The summed E-state index contributed by atoms with van der Waals surface area (Å²) in [4.78, 5) is 9.43. The Labute approximate surface area is 326 Å². The molecule has 1 saturated carbocycles. The molecular weight excluding hydrogens is 873 g/mol. The van der Waals surface area contributed by atoms with E-state index in [4.69, 9.17) is 9.40 Å². The quantitative estimate of drug-likeness (QED) is 0.118. The van der Waals surface area contributed by atoms with Crippen LogP contribution in [0.3, 0.4) is 0 Å². The van der Waals surface area contributed by atoms with Crippen molar-refractivity contribution in [3.63, 3.8) is 0 Å². The van der Waals surface area contributed by atoms with E-state index >= 15 is 0 Å². The molecule has 0 N–H and O–H groups in total. The zero-order valence-electron chi connectivity index (χ0n) is 31.2. The largest absolute Gasteiger partial charge is 0 e. The first-order valence-corrected chi connectivity index (χ1v) is 25.8. The van der Waals surface area contributed by atoms with Crippen LogP contribution in [0.5, 0.6) is 0 Å². The van der Waals surface area contributed by atoms with Crippen molar-refractivity contribution < 1.29 is 24.5 Å². The zero-order chi connectivity index (χ0) is 35.5. The maximum Gasteiger partial charge on any atom is 0 e. The Kier molecular flexibility index (Phi) is 12.0. The summed E-state index contributed by atoms with van der Waals surface area (Å²) in [5.74, 6) is 8.77. The number of hydrogen-bond acceptors (Lipinski definition) is 3. The second-order valence-electron chi connectivity index (χ2n) is 15.5. The molecule has 0 amide bonds. The van der Waals surface area contributed by atoms with Gasteiger partial charge in [0.05, 0.1) is 5.58 Å². The second kappa shape index (κ2) is 16.5. The summed E-state index contributed by atoms with van der Waals surface area (Å²) in [5.41, 5.74) is 12.4. The van der Waals surface area contributed by atoms with Crippen molar-refractivity contribution in [1.82, 2.24) is 9.97 Å². The SMILES string of the molecule is CC(C)c1ccnc(-c2[c-]ccc3oc4ccc(-c5ccccc5)cc4c23)c1.Cc1c[c-]c(-c2cc(CC3CCCC3)[c]([Ge]([CH3])([CH3])[CH3])cn2)cc1.[Ir]. The number of fused-ring (bicyclic) bond motifs is 3. The van der Waals surface area contributed by atoms with E-state index in [0.717, 1.165) is 50.4 Å². The number of pyridine rings is 2. The van der Waals surface area contributed by atoms with Crippen molar-refractivity contribution in [2.45, 2.75) is 76.1 Å². The van der Waals surface area contributed by atoms with Gasteiger partial charge in [0.2, 0.25) is 0 Å². The average molecular weight is 922 g/mol. The van der Waals surface area contributed by atoms with Gasteiger partial charge in [0.25, 0.3) is 0 Å². The van der Waals surface area contributed by atoms with Crippen LogP contribution in [0, 0.1) is 25.0 Å². The molecule has 3 nitrogen and oxygen atoms in total. The van der Waals surface area contributed by atoms with Gasteiger partial charge in [-0.25, -0.2) is 0 Å². The van der Waals surface area contributed by atoms with Crippen molar-refractivity contribution in [1.29, 1.82) is 0 Å². The number of furan rings is 1. The van der Waals surface area contributed by atoms with Crippen molar-refractivity contribution >= 4 is 39.6 Å². The first-order chi connectivity index (χ1) is 24.6. The van der Waals surface area contributed by atoms with E-state index in [-0.39, 0.29) is 20.1 Å². The average Bonchev–Trinajstić information content (AvgIpc) is 3.79. The van der Waals surface area contributed by atoms with E-state index in [9.17, 15) is 0 Å². The summed E-state index contributed by atoms with van der Waals surface area (Å²) in [5, 5.41) is 2.17. The number of hydrogen-bond donors (Lipinski definition) is 0. The Morgan fingerprint density at radius 1 is 0.808 bits per heavy atom. The van der Waals surface area contributed by atoms with E-state index < -0.39 is 13.3 Å². The van der Waals surface area contributed by atoms with Gasteiger partial charge >= 0.3 is 144 Å². The van der Waals surface area contributed by atoms with Crippen molar-refractivity contribution in [3.8, 4) is 33.6 Å². The number of nitrogens with zero attached hydrogens (tertiary/aromatic N) is 2. The normalized spacial score (nSPS) is 13.3. The smallest absolute Gasteiger partial charge is 0 e. The van der Waals surface area contributed by atoms with E-state index in [1.807, 2.05) is 24.4 Å². The minimum Gasteiger partial charge on any atom is 0 e. The molecule has 1 fully saturated rings. The van der Waals surface area contributed by atoms with Gasteiger partial charge in [0.1, 0.15) is 5.58 Å². The van der Waals surface area contributed by atoms with Crippen LogP contribution in [0.15, 0.2) is 114 Å². The fourth-order valence-corrected chi connectivity index (χ4v) is 10.7. The third-order valence-electron chi connectivity index (χ3n) is 10.3. The molecule has 1 aliphatic rings. The molecule has 52 heavy (non-hydrogen) atoms. The van der Waals surface area contributed by atoms with Gasteiger partial charge in [-0.05, 0) is 40.3 Å². The van der Waals surface area contributed by atoms with Crippen LogP contribution < -0.4 is 4.40 Å². The Morgan fingerprint density at radius 2 is 1.60 bits per heavy atom. The molecule has 4 aromatic carbocycles. The third-order valence-corrected chi connectivity index (χ3v) is 14.6. The van der Waals surface area contributed by atoms with Crippen LogP contribution in [0.4, 0.5) is 0 Å². The summed E-state index contributed by atoms with van der Waals surface area (Å²) < 4.78 is 7.73. The van der Waals surface area contributed by atoms with Crippen LogP contribution in [-0.4, -0.2) is 23.2 Å². The van der Waals surface area contributed by atoms with Gasteiger partial charge in [-0.1, -0.05) is 79.4 Å². The fraction of sp³-hybridized carbons (Fsp3) is 0.277. The van der Waals surface area contributed by atoms with E-state index in [2.05, 4.69) is 140 Å². The predicted octanol–water partition coefficient (Wildman–Crippen LogP) is 12.4. The maximum atomic E-state index is 6.14. The minimum atomic E-state index is -1.88. The van der Waals surface area contributed by atoms with Crippen LogP contribution in [0.2, 0.25) is 17.3 Å². The molecule has 1 radical (unpaired) electrons. The van der Waals surface area contributed by atoms with Crippen molar-refractivity contribution in [2.24, 2.45) is 5.92 Å². The summed E-state index contributed by atoms with van der Waals surface area (Å²) in [7, 11) is 0. The molecule has 3 aromatic heterocycles. The molecule has 8 rings (SSSR count). The first-order valence-electron chi connectivity index (χ1n) is 18.5. The van der Waals surface area contributed by atoms with Crippen LogP contribution in [-0.2, 0) is 26.5 Å². The topological polar surface area (TPSA) is 38.9 Å². The van der Waals surface area contributed by atoms with E-state index in [0.29, 0.717) is 5.92 Å². The van der Waals surface area contributed by atoms with Crippen LogP contribution in [0.25, 0.3) is 55.6 Å². The maximum absolute atomic E-state index is 6.14. The second-order valence-corrected chi connectivity index (χ2v) is 26.1. The monoisotopic (exact) mass is 923 g/mol. The van der Waals surface area contributed by atoms with E-state index in [1.165, 1.54) is 54.4 Å². The third kappa shape index (κ3) is 8.52. The molecular formula is C47H48GeIrN2O-2. The summed E-state index contributed by atoms with van der Waals surface area (Å²) >= 11 is -1.88. The van der Waals surface area contributed by atoms with Crippen LogP contribution in [0.1, 0.15) is 62.1 Å². The van der Waals surface area contributed by atoms with E-state index in [1.54, 1.807) is 9.96 Å². The molecule has 7 aromatic rings. The standard InChI is InChI=1S/C26H20NO.C21H28GeN.Ir/c1-17(2)19-13-14-27-23(16-19)21-9-6-10-25-26(21)22-15-20(11-12-24(22)28-25)18-7-4-3-5-8-18;1-16-9-11-18(12-10-16)21-14-19(13-17-7-5-6-8-17)20(15-23-21)22(2,3)4;/h3-8,10-17H,1-2H3;9-11,14-15,17H,5-8,13H2,1-4H3;/q2*-1;. The molecule has 0 spiro atoms. The number of aromatic nitrogens is 2. The fourth-order valence-electron chi connectivity index (χ4n) is 7.40. The summed E-state index contributed by atoms with van der Waals surface area (Å²) in [6.07, 6.45) is 11.0. The molecule has 0 bridgehead atoms. The molecule has 3 heterocycles. The molecule has 267 valence electrons. The molecule has 0 atom stereocenters. The zero-order valence-corrected chi connectivity index (χ0v) is 35.7. The minimum absolute atomic E-state index is 0. The molecule has 1 aliphatic carbocycles. The van der Waals surface area contributed by atoms with Gasteiger partial charge in [0, 0.05) is 26.3 Å². The van der Waals surface area contributed by atoms with Crippen molar-refractivity contribution in [3.05, 3.63) is 138 Å². The van der Waals surface area contributed by atoms with Gasteiger partial charge < -0.3 is 9.40 Å². The molecule has 0 unspecified atom stereocenters. The Morgan fingerprint density at radius 3 is 2.31 bits per heavy atom. The number of benzene rings is 4. The number of rotatable bonds is 7. The Hall–Kier alpha value is -3.83. The van der Waals surface area contributed by atoms with Crippen molar-refractivity contribution in [2.75, 3.05) is 0 Å². The molecule has 0 aliphatic heterocycles. The first kappa shape index (κ1) is 37.9. The van der Waals surface area contributed by atoms with Gasteiger partial charge in [-0.2, -0.15) is 0 Å². The van der Waals surface area contributed by atoms with Gasteiger partial charge in [-0.15, -0.1) is 17.7 Å².